The predicted molar refractivity (Wildman–Crippen MR) is 54.7 cm³/mol. The van der Waals surface area contributed by atoms with Gasteiger partial charge in [0.15, 0.2) is 0 Å². The Morgan fingerprint density at radius 3 is 3.00 bits per heavy atom. The average Bonchev–Trinajstić information content (AvgIpc) is 2.18. The molecule has 0 radical (unpaired) electrons. The Balaban J connectivity index is 2.47. The first-order valence-electron chi connectivity index (χ1n) is 4.69. The number of aromatic nitrogens is 2. The lowest BCUT2D eigenvalue weighted by Crippen LogP contribution is -2.06. The second-order valence-corrected chi connectivity index (χ2v) is 3.49. The molecule has 0 saturated heterocycles. The summed E-state index contributed by atoms with van der Waals surface area (Å²) in [4.78, 5) is 7.79. The van der Waals surface area contributed by atoms with E-state index in [1.54, 1.807) is 12.3 Å². The monoisotopic (exact) mass is 190 g/mol. The van der Waals surface area contributed by atoms with Gasteiger partial charge in [0.05, 0.1) is 0 Å². The van der Waals surface area contributed by atoms with Gasteiger partial charge in [-0.25, -0.2) is 9.97 Å². The van der Waals surface area contributed by atoms with E-state index in [0.29, 0.717) is 5.92 Å². The van der Waals surface area contributed by atoms with Crippen molar-refractivity contribution in [3.05, 3.63) is 18.1 Å². The van der Waals surface area contributed by atoms with E-state index in [2.05, 4.69) is 29.1 Å². The minimum Gasteiger partial charge on any atom is -0.370 e. The minimum atomic E-state index is 0.208. The maximum atomic E-state index is 8.57. The molecule has 0 unspecified atom stereocenters. The molecule has 0 spiro atoms. The Morgan fingerprint density at radius 2 is 2.36 bits per heavy atom. The van der Waals surface area contributed by atoms with E-state index in [0.717, 1.165) is 18.8 Å². The van der Waals surface area contributed by atoms with E-state index in [-0.39, 0.29) is 5.82 Å². The van der Waals surface area contributed by atoms with Crippen molar-refractivity contribution in [1.29, 1.82) is 5.26 Å². The molecule has 0 aliphatic rings. The number of hydrogen-bond acceptors (Lipinski definition) is 4. The smallest absolute Gasteiger partial charge is 0.234 e. The molecule has 0 saturated carbocycles. The summed E-state index contributed by atoms with van der Waals surface area (Å²) in [5.41, 5.74) is 0. The Morgan fingerprint density at radius 1 is 1.57 bits per heavy atom. The minimum absolute atomic E-state index is 0.208. The second kappa shape index (κ2) is 5.18. The lowest BCUT2D eigenvalue weighted by molar-refractivity contribution is 0.606. The highest BCUT2D eigenvalue weighted by Gasteiger charge is 1.97. The number of nitrogens with zero attached hydrogens (tertiary/aromatic N) is 3. The molecular weight excluding hydrogens is 176 g/mol. The number of anilines is 1. The van der Waals surface area contributed by atoms with E-state index in [1.165, 1.54) is 0 Å². The van der Waals surface area contributed by atoms with Crippen LogP contribution >= 0.6 is 0 Å². The summed E-state index contributed by atoms with van der Waals surface area (Å²) in [6.07, 6.45) is 2.68. The summed E-state index contributed by atoms with van der Waals surface area (Å²) in [5.74, 6) is 1.59. The first-order valence-corrected chi connectivity index (χ1v) is 4.69. The topological polar surface area (TPSA) is 61.6 Å². The van der Waals surface area contributed by atoms with Gasteiger partial charge in [-0.3, -0.25) is 0 Å². The molecule has 4 nitrogen and oxygen atoms in total. The Bertz CT molecular complexity index is 327. The molecule has 1 rings (SSSR count). The molecule has 1 aromatic rings. The van der Waals surface area contributed by atoms with Crippen molar-refractivity contribution in [2.45, 2.75) is 20.3 Å². The van der Waals surface area contributed by atoms with Crippen molar-refractivity contribution >= 4 is 5.82 Å². The Labute approximate surface area is 84.0 Å². The number of rotatable bonds is 4. The lowest BCUT2D eigenvalue weighted by Gasteiger charge is -2.06. The summed E-state index contributed by atoms with van der Waals surface area (Å²) in [5, 5.41) is 11.7. The fourth-order valence-electron chi connectivity index (χ4n) is 1.000. The first-order chi connectivity index (χ1) is 6.72. The van der Waals surface area contributed by atoms with Crippen LogP contribution in [0.15, 0.2) is 12.3 Å². The molecule has 1 aromatic heterocycles. The van der Waals surface area contributed by atoms with Crippen molar-refractivity contribution in [3.8, 4) is 6.07 Å². The highest BCUT2D eigenvalue weighted by atomic mass is 15.0. The zero-order chi connectivity index (χ0) is 10.4. The second-order valence-electron chi connectivity index (χ2n) is 3.49. The third-order valence-electron chi connectivity index (χ3n) is 1.78. The van der Waals surface area contributed by atoms with Crippen LogP contribution in [0.3, 0.4) is 0 Å². The molecule has 0 aromatic carbocycles. The normalized spacial score (nSPS) is 9.86. The average molecular weight is 190 g/mol. The van der Waals surface area contributed by atoms with Crippen LogP contribution in [0, 0.1) is 17.2 Å². The van der Waals surface area contributed by atoms with Crippen LogP contribution in [-0.4, -0.2) is 16.5 Å². The van der Waals surface area contributed by atoms with Crippen molar-refractivity contribution in [2.75, 3.05) is 11.9 Å². The van der Waals surface area contributed by atoms with Gasteiger partial charge in [0.2, 0.25) is 5.82 Å². The molecule has 0 atom stereocenters. The van der Waals surface area contributed by atoms with Gasteiger partial charge in [0, 0.05) is 12.7 Å². The van der Waals surface area contributed by atoms with E-state index in [9.17, 15) is 0 Å². The van der Waals surface area contributed by atoms with E-state index < -0.39 is 0 Å². The van der Waals surface area contributed by atoms with Crippen molar-refractivity contribution < 1.29 is 0 Å². The largest absolute Gasteiger partial charge is 0.370 e. The van der Waals surface area contributed by atoms with Gasteiger partial charge in [-0.05, 0) is 18.4 Å². The maximum Gasteiger partial charge on any atom is 0.234 e. The molecule has 0 fully saturated rings. The van der Waals surface area contributed by atoms with Crippen molar-refractivity contribution in [3.63, 3.8) is 0 Å². The van der Waals surface area contributed by atoms with Gasteiger partial charge >= 0.3 is 0 Å². The molecule has 4 heteroatoms. The van der Waals surface area contributed by atoms with Gasteiger partial charge in [0.1, 0.15) is 11.9 Å². The standard InChI is InChI=1S/C10H14N4/c1-8(2)3-5-12-9-4-6-13-10(7-11)14-9/h4,6,8H,3,5H2,1-2H3,(H,12,13,14). The third-order valence-corrected chi connectivity index (χ3v) is 1.78. The van der Waals surface area contributed by atoms with Crippen LogP contribution in [0.1, 0.15) is 26.1 Å². The fraction of sp³-hybridized carbons (Fsp3) is 0.500. The number of hydrogen-bond donors (Lipinski definition) is 1. The van der Waals surface area contributed by atoms with Crippen LogP contribution < -0.4 is 5.32 Å². The molecule has 0 aliphatic carbocycles. The fourth-order valence-corrected chi connectivity index (χ4v) is 1.000. The lowest BCUT2D eigenvalue weighted by atomic mass is 10.1. The SMILES string of the molecule is CC(C)CCNc1ccnc(C#N)n1. The van der Waals surface area contributed by atoms with E-state index in [1.807, 2.05) is 6.07 Å². The molecule has 1 N–H and O–H groups in total. The quantitative estimate of drug-likeness (QED) is 0.786. The van der Waals surface area contributed by atoms with Crippen LogP contribution in [0.2, 0.25) is 0 Å². The van der Waals surface area contributed by atoms with Gasteiger partial charge in [-0.15, -0.1) is 0 Å². The summed E-state index contributed by atoms with van der Waals surface area (Å²) >= 11 is 0. The molecule has 1 heterocycles. The first kappa shape index (κ1) is 10.5. The molecule has 0 bridgehead atoms. The van der Waals surface area contributed by atoms with Crippen LogP contribution in [-0.2, 0) is 0 Å². The van der Waals surface area contributed by atoms with Gasteiger partial charge in [-0.1, -0.05) is 13.8 Å². The summed E-state index contributed by atoms with van der Waals surface area (Å²) < 4.78 is 0. The molecule has 74 valence electrons. The molecule has 14 heavy (non-hydrogen) atoms. The summed E-state index contributed by atoms with van der Waals surface area (Å²) in [6, 6.07) is 3.67. The number of nitrogens with one attached hydrogen (secondary N) is 1. The van der Waals surface area contributed by atoms with Crippen LogP contribution in [0.4, 0.5) is 5.82 Å². The Hall–Kier alpha value is -1.63. The zero-order valence-electron chi connectivity index (χ0n) is 8.49. The summed E-state index contributed by atoms with van der Waals surface area (Å²) in [7, 11) is 0. The van der Waals surface area contributed by atoms with Crippen molar-refractivity contribution in [2.24, 2.45) is 5.92 Å². The van der Waals surface area contributed by atoms with E-state index in [4.69, 9.17) is 5.26 Å². The van der Waals surface area contributed by atoms with Gasteiger partial charge < -0.3 is 5.32 Å². The Kier molecular flexibility index (Phi) is 3.86. The maximum absolute atomic E-state index is 8.57. The van der Waals surface area contributed by atoms with Crippen LogP contribution in [0.25, 0.3) is 0 Å². The highest BCUT2D eigenvalue weighted by Crippen LogP contribution is 2.03. The molecule has 0 amide bonds. The predicted octanol–water partition coefficient (Wildman–Crippen LogP) is 1.81. The van der Waals surface area contributed by atoms with Crippen molar-refractivity contribution in [1.82, 2.24) is 9.97 Å². The van der Waals surface area contributed by atoms with E-state index >= 15 is 0 Å². The molecular formula is C10H14N4. The highest BCUT2D eigenvalue weighted by molar-refractivity contribution is 5.34. The zero-order valence-corrected chi connectivity index (χ0v) is 8.49. The number of nitriles is 1. The van der Waals surface area contributed by atoms with Crippen LogP contribution in [0.5, 0.6) is 0 Å². The summed E-state index contributed by atoms with van der Waals surface area (Å²) in [6.45, 7) is 5.21. The molecule has 0 aliphatic heterocycles. The third kappa shape index (κ3) is 3.40. The van der Waals surface area contributed by atoms with Gasteiger partial charge in [-0.2, -0.15) is 5.26 Å². The van der Waals surface area contributed by atoms with Gasteiger partial charge in [0.25, 0.3) is 0 Å².